The fourth-order valence-electron chi connectivity index (χ4n) is 2.15. The summed E-state index contributed by atoms with van der Waals surface area (Å²) in [6.45, 7) is 6.87. The molecule has 2 aromatic rings. The molecule has 0 saturated carbocycles. The van der Waals surface area contributed by atoms with E-state index < -0.39 is 0 Å². The Labute approximate surface area is 128 Å². The fraction of sp³-hybridized carbons (Fsp3) is 0.500. The molecule has 0 aliphatic rings. The Morgan fingerprint density at radius 1 is 1.24 bits per heavy atom. The molecule has 114 valence electrons. The number of ether oxygens (including phenoxy) is 2. The molecular formula is C14H20N4O2S. The van der Waals surface area contributed by atoms with E-state index in [4.69, 9.17) is 9.47 Å². The minimum absolute atomic E-state index is 0.0884. The van der Waals surface area contributed by atoms with Crippen molar-refractivity contribution >= 4 is 11.3 Å². The summed E-state index contributed by atoms with van der Waals surface area (Å²) in [7, 11) is 3.14. The van der Waals surface area contributed by atoms with Crippen LogP contribution in [0.25, 0.3) is 0 Å². The van der Waals surface area contributed by atoms with Crippen LogP contribution in [0.2, 0.25) is 0 Å². The van der Waals surface area contributed by atoms with Gasteiger partial charge in [-0.15, -0.1) is 11.3 Å². The van der Waals surface area contributed by atoms with Gasteiger partial charge in [0, 0.05) is 0 Å². The van der Waals surface area contributed by atoms with Gasteiger partial charge in [0.1, 0.15) is 5.69 Å². The van der Waals surface area contributed by atoms with Crippen LogP contribution in [-0.2, 0) is 0 Å². The first-order chi connectivity index (χ1) is 10.1. The van der Waals surface area contributed by atoms with Crippen molar-refractivity contribution in [3.8, 4) is 11.8 Å². The number of nitrogens with zero attached hydrogens (tertiary/aromatic N) is 3. The lowest BCUT2D eigenvalue weighted by Crippen LogP contribution is -2.23. The van der Waals surface area contributed by atoms with Gasteiger partial charge >= 0.3 is 0 Å². The predicted octanol–water partition coefficient (Wildman–Crippen LogP) is 2.27. The first-order valence-electron chi connectivity index (χ1n) is 6.72. The van der Waals surface area contributed by atoms with Crippen molar-refractivity contribution in [1.29, 1.82) is 0 Å². The lowest BCUT2D eigenvalue weighted by Gasteiger charge is -2.18. The molecule has 0 amide bonds. The Balaban J connectivity index is 2.50. The van der Waals surface area contributed by atoms with Crippen molar-refractivity contribution < 1.29 is 9.47 Å². The van der Waals surface area contributed by atoms with E-state index in [9.17, 15) is 0 Å². The van der Waals surface area contributed by atoms with Crippen molar-refractivity contribution in [2.75, 3.05) is 20.8 Å². The lowest BCUT2D eigenvalue weighted by molar-refractivity contribution is 0.353. The Morgan fingerprint density at radius 3 is 2.52 bits per heavy atom. The average Bonchev–Trinajstić information content (AvgIpc) is 2.82. The van der Waals surface area contributed by atoms with Gasteiger partial charge in [-0.05, 0) is 20.4 Å². The van der Waals surface area contributed by atoms with Gasteiger partial charge in [0.15, 0.2) is 0 Å². The maximum Gasteiger partial charge on any atom is 0.240 e. The van der Waals surface area contributed by atoms with Crippen molar-refractivity contribution in [3.05, 3.63) is 27.5 Å². The predicted molar refractivity (Wildman–Crippen MR) is 82.2 cm³/mol. The molecule has 1 unspecified atom stereocenters. The molecule has 0 radical (unpaired) electrons. The molecule has 2 rings (SSSR count). The number of thiazole rings is 1. The molecule has 21 heavy (non-hydrogen) atoms. The highest BCUT2D eigenvalue weighted by Crippen LogP contribution is 2.33. The van der Waals surface area contributed by atoms with E-state index >= 15 is 0 Å². The van der Waals surface area contributed by atoms with Crippen LogP contribution in [0.3, 0.4) is 0 Å². The summed E-state index contributed by atoms with van der Waals surface area (Å²) in [5, 5.41) is 4.46. The number of rotatable bonds is 6. The standard InChI is InChI=1S/C14H20N4O2S/c1-6-15-11(13-8(2)17-9(3)21-13)12-14(20-5)18-10(19-4)7-16-12/h7,11,15H,6H2,1-5H3. The molecule has 0 aliphatic heterocycles. The quantitative estimate of drug-likeness (QED) is 0.883. The van der Waals surface area contributed by atoms with Crippen molar-refractivity contribution in [2.45, 2.75) is 26.8 Å². The molecule has 0 aromatic carbocycles. The zero-order valence-corrected chi connectivity index (χ0v) is 13.7. The van der Waals surface area contributed by atoms with Crippen LogP contribution in [0.4, 0.5) is 0 Å². The molecule has 1 atom stereocenters. The smallest absolute Gasteiger partial charge is 0.240 e. The zero-order valence-electron chi connectivity index (χ0n) is 12.9. The van der Waals surface area contributed by atoms with E-state index in [1.807, 2.05) is 13.8 Å². The van der Waals surface area contributed by atoms with Gasteiger partial charge in [-0.1, -0.05) is 6.92 Å². The summed E-state index contributed by atoms with van der Waals surface area (Å²) < 4.78 is 10.5. The van der Waals surface area contributed by atoms with Crippen LogP contribution in [-0.4, -0.2) is 35.7 Å². The Bertz CT molecular complexity index is 615. The molecule has 6 nitrogen and oxygen atoms in total. The highest BCUT2D eigenvalue weighted by atomic mass is 32.1. The Morgan fingerprint density at radius 2 is 2.00 bits per heavy atom. The molecule has 0 aliphatic carbocycles. The molecule has 2 heterocycles. The van der Waals surface area contributed by atoms with Crippen LogP contribution >= 0.6 is 11.3 Å². The maximum atomic E-state index is 5.37. The Kier molecular flexibility index (Phi) is 5.08. The van der Waals surface area contributed by atoms with Crippen molar-refractivity contribution in [3.63, 3.8) is 0 Å². The average molecular weight is 308 g/mol. The topological polar surface area (TPSA) is 69.2 Å². The number of hydrogen-bond acceptors (Lipinski definition) is 7. The van der Waals surface area contributed by atoms with Crippen molar-refractivity contribution in [1.82, 2.24) is 20.3 Å². The second kappa shape index (κ2) is 6.82. The minimum atomic E-state index is -0.0884. The molecule has 0 saturated heterocycles. The number of aryl methyl sites for hydroxylation is 2. The van der Waals surface area contributed by atoms with Crippen molar-refractivity contribution in [2.24, 2.45) is 0 Å². The van der Waals surface area contributed by atoms with Crippen LogP contribution in [0.1, 0.15) is 34.2 Å². The van der Waals surface area contributed by atoms with Crippen LogP contribution < -0.4 is 14.8 Å². The van der Waals surface area contributed by atoms with Gasteiger partial charge < -0.3 is 14.8 Å². The first-order valence-corrected chi connectivity index (χ1v) is 7.54. The minimum Gasteiger partial charge on any atom is -0.480 e. The third-order valence-corrected chi connectivity index (χ3v) is 4.17. The fourth-order valence-corrected chi connectivity index (χ4v) is 3.15. The summed E-state index contributed by atoms with van der Waals surface area (Å²) >= 11 is 1.66. The van der Waals surface area contributed by atoms with E-state index in [0.717, 1.165) is 27.8 Å². The molecule has 0 fully saturated rings. The first kappa shape index (κ1) is 15.7. The van der Waals surface area contributed by atoms with Gasteiger partial charge in [-0.25, -0.2) is 9.97 Å². The van der Waals surface area contributed by atoms with Gasteiger partial charge in [0.2, 0.25) is 11.8 Å². The van der Waals surface area contributed by atoms with Crippen LogP contribution in [0.15, 0.2) is 6.20 Å². The summed E-state index contributed by atoms with van der Waals surface area (Å²) in [5.74, 6) is 0.897. The molecule has 1 N–H and O–H groups in total. The van der Waals surface area contributed by atoms with Crippen LogP contribution in [0.5, 0.6) is 11.8 Å². The Hall–Kier alpha value is -1.73. The summed E-state index contributed by atoms with van der Waals surface area (Å²) in [4.78, 5) is 14.4. The van der Waals surface area contributed by atoms with E-state index in [-0.39, 0.29) is 6.04 Å². The van der Waals surface area contributed by atoms with E-state index in [2.05, 4.69) is 27.2 Å². The summed E-state index contributed by atoms with van der Waals surface area (Å²) in [6.07, 6.45) is 1.60. The van der Waals surface area contributed by atoms with Gasteiger partial charge in [0.05, 0.1) is 42.0 Å². The monoisotopic (exact) mass is 308 g/mol. The molecular weight excluding hydrogens is 288 g/mol. The molecule has 7 heteroatoms. The normalized spacial score (nSPS) is 12.2. The van der Waals surface area contributed by atoms with E-state index in [1.54, 1.807) is 31.8 Å². The number of hydrogen-bond donors (Lipinski definition) is 1. The maximum absolute atomic E-state index is 5.37. The lowest BCUT2D eigenvalue weighted by atomic mass is 10.1. The zero-order chi connectivity index (χ0) is 15.4. The van der Waals surface area contributed by atoms with Crippen LogP contribution in [0, 0.1) is 13.8 Å². The highest BCUT2D eigenvalue weighted by molar-refractivity contribution is 7.11. The van der Waals surface area contributed by atoms with Gasteiger partial charge in [-0.3, -0.25) is 0 Å². The number of aromatic nitrogens is 3. The SMILES string of the molecule is CCNC(c1ncc(OC)nc1OC)c1sc(C)nc1C. The van der Waals surface area contributed by atoms with E-state index in [1.165, 1.54) is 0 Å². The third kappa shape index (κ3) is 3.30. The van der Waals surface area contributed by atoms with Gasteiger partial charge in [0.25, 0.3) is 0 Å². The molecule has 0 bridgehead atoms. The number of methoxy groups -OCH3 is 2. The van der Waals surface area contributed by atoms with Gasteiger partial charge in [-0.2, -0.15) is 4.98 Å². The van der Waals surface area contributed by atoms with E-state index in [0.29, 0.717) is 11.8 Å². The number of nitrogens with one attached hydrogen (secondary N) is 1. The highest BCUT2D eigenvalue weighted by Gasteiger charge is 2.24. The third-order valence-electron chi connectivity index (χ3n) is 3.03. The molecule has 0 spiro atoms. The largest absolute Gasteiger partial charge is 0.480 e. The summed E-state index contributed by atoms with van der Waals surface area (Å²) in [6, 6.07) is -0.0884. The summed E-state index contributed by atoms with van der Waals surface area (Å²) in [5.41, 5.74) is 1.75. The second-order valence-electron chi connectivity index (χ2n) is 4.48. The second-order valence-corrected chi connectivity index (χ2v) is 5.71. The molecule has 2 aromatic heterocycles.